The highest BCUT2D eigenvalue weighted by atomic mass is 32.2. The van der Waals surface area contributed by atoms with Crippen molar-refractivity contribution in [2.45, 2.75) is 30.7 Å². The summed E-state index contributed by atoms with van der Waals surface area (Å²) in [6.07, 6.45) is 2.55. The normalized spacial score (nSPS) is 13.1. The summed E-state index contributed by atoms with van der Waals surface area (Å²) in [5.41, 5.74) is 2.27. The van der Waals surface area contributed by atoms with Gasteiger partial charge in [-0.1, -0.05) is 49.4 Å². The van der Waals surface area contributed by atoms with Crippen LogP contribution in [-0.2, 0) is 17.3 Å². The van der Waals surface area contributed by atoms with Crippen LogP contribution in [0.4, 0.5) is 4.79 Å². The van der Waals surface area contributed by atoms with Gasteiger partial charge in [0.2, 0.25) is 0 Å². The van der Waals surface area contributed by atoms with Gasteiger partial charge in [0.05, 0.1) is 0 Å². The molecule has 0 aromatic heterocycles. The number of benzene rings is 2. The van der Waals surface area contributed by atoms with Gasteiger partial charge >= 0.3 is 6.03 Å². The molecule has 0 bridgehead atoms. The average molecular weight is 344 g/mol. The van der Waals surface area contributed by atoms with E-state index in [1.807, 2.05) is 42.5 Å². The van der Waals surface area contributed by atoms with Gasteiger partial charge in [0, 0.05) is 35.0 Å². The fourth-order valence-electron chi connectivity index (χ4n) is 2.39. The number of nitrogens with one attached hydrogen (secondary N) is 2. The van der Waals surface area contributed by atoms with Crippen molar-refractivity contribution >= 4 is 16.8 Å². The Morgan fingerprint density at radius 3 is 2.33 bits per heavy atom. The van der Waals surface area contributed by atoms with Gasteiger partial charge < -0.3 is 10.6 Å². The van der Waals surface area contributed by atoms with Crippen molar-refractivity contribution in [3.63, 3.8) is 0 Å². The Bertz CT molecular complexity index is 672. The lowest BCUT2D eigenvalue weighted by atomic mass is 9.98. The van der Waals surface area contributed by atoms with Gasteiger partial charge in [-0.15, -0.1) is 0 Å². The first-order chi connectivity index (χ1) is 11.6. The molecule has 128 valence electrons. The predicted octanol–water partition coefficient (Wildman–Crippen LogP) is 3.42. The van der Waals surface area contributed by atoms with Gasteiger partial charge in [0.15, 0.2) is 0 Å². The molecule has 0 saturated heterocycles. The van der Waals surface area contributed by atoms with Crippen LogP contribution in [0, 0.1) is 0 Å². The summed E-state index contributed by atoms with van der Waals surface area (Å²) in [4.78, 5) is 12.6. The summed E-state index contributed by atoms with van der Waals surface area (Å²) in [6.45, 7) is 3.25. The van der Waals surface area contributed by atoms with Crippen molar-refractivity contribution in [3.8, 4) is 0 Å². The molecule has 2 amide bonds. The molecule has 2 N–H and O–H groups in total. The fourth-order valence-corrected chi connectivity index (χ4v) is 2.91. The average Bonchev–Trinajstić information content (AvgIpc) is 2.61. The molecule has 0 saturated carbocycles. The monoisotopic (exact) mass is 344 g/mol. The van der Waals surface area contributed by atoms with Crippen molar-refractivity contribution in [1.82, 2.24) is 10.6 Å². The Morgan fingerprint density at radius 2 is 1.71 bits per heavy atom. The molecule has 0 spiro atoms. The van der Waals surface area contributed by atoms with Crippen LogP contribution in [0.15, 0.2) is 59.5 Å². The SMILES string of the molecule is C[C@H](CCNC(=O)NCc1ccc([S@](C)=O)cc1)c1ccccc1. The second kappa shape index (κ2) is 9.23. The fraction of sp³-hybridized carbons (Fsp3) is 0.316. The lowest BCUT2D eigenvalue weighted by Gasteiger charge is -2.13. The van der Waals surface area contributed by atoms with E-state index in [2.05, 4.69) is 29.7 Å². The number of hydrogen-bond donors (Lipinski definition) is 2. The summed E-state index contributed by atoms with van der Waals surface area (Å²) < 4.78 is 11.3. The van der Waals surface area contributed by atoms with Crippen molar-refractivity contribution in [1.29, 1.82) is 0 Å². The highest BCUT2D eigenvalue weighted by Gasteiger charge is 2.06. The molecular weight excluding hydrogens is 320 g/mol. The van der Waals surface area contributed by atoms with Gasteiger partial charge in [0.25, 0.3) is 0 Å². The molecule has 24 heavy (non-hydrogen) atoms. The number of hydrogen-bond acceptors (Lipinski definition) is 2. The molecule has 0 fully saturated rings. The lowest BCUT2D eigenvalue weighted by molar-refractivity contribution is 0.240. The maximum Gasteiger partial charge on any atom is 0.315 e. The maximum absolute atomic E-state index is 11.8. The molecule has 0 unspecified atom stereocenters. The molecule has 0 aliphatic carbocycles. The molecule has 2 rings (SSSR count). The molecular formula is C19H24N2O2S. The zero-order valence-corrected chi connectivity index (χ0v) is 14.9. The first-order valence-electron chi connectivity index (χ1n) is 8.05. The highest BCUT2D eigenvalue weighted by Crippen LogP contribution is 2.17. The van der Waals surface area contributed by atoms with E-state index >= 15 is 0 Å². The topological polar surface area (TPSA) is 58.2 Å². The third-order valence-corrected chi connectivity index (χ3v) is 4.88. The Morgan fingerprint density at radius 1 is 1.04 bits per heavy atom. The smallest absolute Gasteiger partial charge is 0.315 e. The Balaban J connectivity index is 1.69. The summed E-state index contributed by atoms with van der Waals surface area (Å²) in [5, 5.41) is 5.72. The third-order valence-electron chi connectivity index (χ3n) is 3.94. The van der Waals surface area contributed by atoms with Crippen LogP contribution in [0.2, 0.25) is 0 Å². The molecule has 0 heterocycles. The van der Waals surface area contributed by atoms with E-state index in [1.165, 1.54) is 5.56 Å². The minimum atomic E-state index is -0.974. The molecule has 4 nitrogen and oxygen atoms in total. The second-order valence-electron chi connectivity index (χ2n) is 5.81. The van der Waals surface area contributed by atoms with Crippen molar-refractivity contribution in [2.24, 2.45) is 0 Å². The van der Waals surface area contributed by atoms with E-state index in [9.17, 15) is 9.00 Å². The van der Waals surface area contributed by atoms with E-state index in [1.54, 1.807) is 6.26 Å². The van der Waals surface area contributed by atoms with Gasteiger partial charge in [0.1, 0.15) is 0 Å². The van der Waals surface area contributed by atoms with E-state index < -0.39 is 10.8 Å². The molecule has 2 aromatic rings. The molecule has 0 aliphatic heterocycles. The van der Waals surface area contributed by atoms with Crippen LogP contribution in [-0.4, -0.2) is 23.0 Å². The zero-order valence-electron chi connectivity index (χ0n) is 14.1. The molecule has 0 aliphatic rings. The van der Waals surface area contributed by atoms with Gasteiger partial charge in [-0.3, -0.25) is 4.21 Å². The molecule has 2 aromatic carbocycles. The van der Waals surface area contributed by atoms with Gasteiger partial charge in [-0.2, -0.15) is 0 Å². The quantitative estimate of drug-likeness (QED) is 0.808. The van der Waals surface area contributed by atoms with E-state index in [0.717, 1.165) is 16.9 Å². The van der Waals surface area contributed by atoms with Gasteiger partial charge in [-0.05, 0) is 35.6 Å². The summed E-state index contributed by atoms with van der Waals surface area (Å²) in [5.74, 6) is 0.411. The van der Waals surface area contributed by atoms with Crippen molar-refractivity contribution in [3.05, 3.63) is 65.7 Å². The van der Waals surface area contributed by atoms with E-state index in [4.69, 9.17) is 0 Å². The van der Waals surface area contributed by atoms with Crippen molar-refractivity contribution in [2.75, 3.05) is 12.8 Å². The van der Waals surface area contributed by atoms with E-state index in [-0.39, 0.29) is 6.03 Å². The lowest BCUT2D eigenvalue weighted by Crippen LogP contribution is -2.35. The minimum absolute atomic E-state index is 0.168. The zero-order chi connectivity index (χ0) is 17.4. The van der Waals surface area contributed by atoms with Crippen LogP contribution in [0.1, 0.15) is 30.4 Å². The highest BCUT2D eigenvalue weighted by molar-refractivity contribution is 7.84. The van der Waals surface area contributed by atoms with Crippen LogP contribution in [0.5, 0.6) is 0 Å². The first kappa shape index (κ1) is 18.2. The van der Waals surface area contributed by atoms with Crippen molar-refractivity contribution < 1.29 is 9.00 Å². The second-order valence-corrected chi connectivity index (χ2v) is 7.19. The number of rotatable bonds is 7. The number of carbonyl (C=O) groups excluding carboxylic acids is 1. The molecule has 5 heteroatoms. The molecule has 2 atom stereocenters. The van der Waals surface area contributed by atoms with Crippen LogP contribution >= 0.6 is 0 Å². The summed E-state index contributed by atoms with van der Waals surface area (Å²) in [7, 11) is -0.974. The largest absolute Gasteiger partial charge is 0.338 e. The number of carbonyl (C=O) groups is 1. The van der Waals surface area contributed by atoms with Gasteiger partial charge in [-0.25, -0.2) is 4.79 Å². The Labute approximate surface area is 146 Å². The number of urea groups is 1. The van der Waals surface area contributed by atoms with E-state index in [0.29, 0.717) is 19.0 Å². The molecule has 0 radical (unpaired) electrons. The maximum atomic E-state index is 11.8. The Kier molecular flexibility index (Phi) is 7.00. The number of amides is 2. The first-order valence-corrected chi connectivity index (χ1v) is 9.61. The summed E-state index contributed by atoms with van der Waals surface area (Å²) >= 11 is 0. The third kappa shape index (κ3) is 5.81. The summed E-state index contributed by atoms with van der Waals surface area (Å²) in [6, 6.07) is 17.5. The van der Waals surface area contributed by atoms with Crippen LogP contribution < -0.4 is 10.6 Å². The minimum Gasteiger partial charge on any atom is -0.338 e. The van der Waals surface area contributed by atoms with Crippen LogP contribution in [0.3, 0.4) is 0 Å². The van der Waals surface area contributed by atoms with Crippen LogP contribution in [0.25, 0.3) is 0 Å². The predicted molar refractivity (Wildman–Crippen MR) is 98.5 cm³/mol. The Hall–Kier alpha value is -2.14. The standard InChI is InChI=1S/C19H24N2O2S/c1-15(17-6-4-3-5-7-17)12-13-20-19(22)21-14-16-8-10-18(11-9-16)24(2)23/h3-11,15H,12-14H2,1-2H3,(H2,20,21,22)/t15-,24+/m1/s1.